The molecule has 12 heavy (non-hydrogen) atoms. The van der Waals surface area contributed by atoms with Crippen molar-refractivity contribution in [1.29, 1.82) is 0 Å². The molecule has 3 heteroatoms. The molecule has 0 heterocycles. The Morgan fingerprint density at radius 3 is 2.58 bits per heavy atom. The average Bonchev–Trinajstić information content (AvgIpc) is 1.96. The molecule has 0 fully saturated rings. The van der Waals surface area contributed by atoms with E-state index in [4.69, 9.17) is 5.73 Å². The predicted octanol–water partition coefficient (Wildman–Crippen LogP) is 1.49. The Balaban J connectivity index is 3.37. The minimum absolute atomic E-state index is 0.0696. The van der Waals surface area contributed by atoms with Gasteiger partial charge in [0.05, 0.1) is 0 Å². The first kappa shape index (κ1) is 8.59. The summed E-state index contributed by atoms with van der Waals surface area (Å²) >= 11 is 0. The van der Waals surface area contributed by atoms with E-state index >= 15 is 0 Å². The highest BCUT2D eigenvalue weighted by molar-refractivity contribution is 5.97. The van der Waals surface area contributed by atoms with Gasteiger partial charge in [0.15, 0.2) is 5.78 Å². The highest BCUT2D eigenvalue weighted by atomic mass is 16.3. The molecule has 3 N–H and O–H groups in total. The predicted molar refractivity (Wildman–Crippen MR) is 47.3 cm³/mol. The minimum atomic E-state index is -0.0879. The Kier molecular flexibility index (Phi) is 2.04. The van der Waals surface area contributed by atoms with Crippen LogP contribution >= 0.6 is 0 Å². The van der Waals surface area contributed by atoms with E-state index in [2.05, 4.69) is 0 Å². The Labute approximate surface area is 70.8 Å². The molecule has 0 spiro atoms. The molecule has 1 aromatic carbocycles. The number of anilines is 1. The Bertz CT molecular complexity index is 332. The van der Waals surface area contributed by atoms with Crippen LogP contribution in [-0.2, 0) is 0 Å². The molecular formula is C9H11NO2. The maximum absolute atomic E-state index is 11.0. The van der Waals surface area contributed by atoms with Gasteiger partial charge in [0, 0.05) is 22.9 Å². The molecule has 0 unspecified atom stereocenters. The Morgan fingerprint density at radius 1 is 1.50 bits per heavy atom. The standard InChI is InChI=1S/C9H11NO2/c1-5-8(6(2)11)3-7(10)4-9(5)12/h3-4,12H,10H2,1-2H3. The smallest absolute Gasteiger partial charge is 0.160 e. The maximum Gasteiger partial charge on any atom is 0.160 e. The van der Waals surface area contributed by atoms with Crippen LogP contribution < -0.4 is 5.73 Å². The molecule has 1 aromatic rings. The van der Waals surface area contributed by atoms with Gasteiger partial charge in [-0.05, 0) is 19.9 Å². The van der Waals surface area contributed by atoms with Crippen molar-refractivity contribution in [2.24, 2.45) is 0 Å². The number of rotatable bonds is 1. The molecule has 0 saturated carbocycles. The number of aromatic hydroxyl groups is 1. The molecule has 0 saturated heterocycles. The van der Waals surface area contributed by atoms with E-state index in [0.717, 1.165) is 0 Å². The Morgan fingerprint density at radius 2 is 2.08 bits per heavy atom. The van der Waals surface area contributed by atoms with E-state index in [1.54, 1.807) is 13.0 Å². The first-order valence-electron chi connectivity index (χ1n) is 3.62. The number of carbonyl (C=O) groups is 1. The maximum atomic E-state index is 11.0. The number of carbonyl (C=O) groups excluding carboxylic acids is 1. The summed E-state index contributed by atoms with van der Waals surface area (Å²) in [7, 11) is 0. The Hall–Kier alpha value is -1.51. The molecule has 64 valence electrons. The summed E-state index contributed by atoms with van der Waals surface area (Å²) in [6.07, 6.45) is 0. The van der Waals surface area contributed by atoms with Crippen LogP contribution in [0.5, 0.6) is 5.75 Å². The lowest BCUT2D eigenvalue weighted by Crippen LogP contribution is -1.98. The number of hydrogen-bond acceptors (Lipinski definition) is 3. The zero-order valence-corrected chi connectivity index (χ0v) is 7.09. The number of phenolic OH excluding ortho intramolecular Hbond substituents is 1. The second-order valence-electron chi connectivity index (χ2n) is 2.77. The van der Waals surface area contributed by atoms with Gasteiger partial charge in [0.25, 0.3) is 0 Å². The quantitative estimate of drug-likeness (QED) is 0.489. The van der Waals surface area contributed by atoms with Crippen LogP contribution in [0.4, 0.5) is 5.69 Å². The number of nitrogens with two attached hydrogens (primary N) is 1. The normalized spacial score (nSPS) is 9.83. The summed E-state index contributed by atoms with van der Waals surface area (Å²) in [6.45, 7) is 3.13. The highest BCUT2D eigenvalue weighted by Gasteiger charge is 2.08. The van der Waals surface area contributed by atoms with Crippen molar-refractivity contribution in [2.45, 2.75) is 13.8 Å². The van der Waals surface area contributed by atoms with Crippen LogP contribution in [0.15, 0.2) is 12.1 Å². The molecule has 0 bridgehead atoms. The van der Waals surface area contributed by atoms with Crippen LogP contribution in [0.25, 0.3) is 0 Å². The van der Waals surface area contributed by atoms with Gasteiger partial charge < -0.3 is 10.8 Å². The van der Waals surface area contributed by atoms with E-state index in [1.807, 2.05) is 0 Å². The topological polar surface area (TPSA) is 63.3 Å². The fraction of sp³-hybridized carbons (Fsp3) is 0.222. The molecule has 0 aliphatic rings. The lowest BCUT2D eigenvalue weighted by molar-refractivity contribution is 0.101. The number of hydrogen-bond donors (Lipinski definition) is 2. The average molecular weight is 165 g/mol. The highest BCUT2D eigenvalue weighted by Crippen LogP contribution is 2.23. The first-order chi connectivity index (χ1) is 5.52. The fourth-order valence-electron chi connectivity index (χ4n) is 1.09. The second-order valence-corrected chi connectivity index (χ2v) is 2.77. The second kappa shape index (κ2) is 2.85. The molecule has 0 atom stereocenters. The fourth-order valence-corrected chi connectivity index (χ4v) is 1.09. The lowest BCUT2D eigenvalue weighted by Gasteiger charge is -2.05. The van der Waals surface area contributed by atoms with Gasteiger partial charge in [-0.3, -0.25) is 4.79 Å². The van der Waals surface area contributed by atoms with Crippen LogP contribution in [0.3, 0.4) is 0 Å². The summed E-state index contributed by atoms with van der Waals surface area (Å²) in [6, 6.07) is 3.00. The summed E-state index contributed by atoms with van der Waals surface area (Å²) in [5, 5.41) is 9.30. The summed E-state index contributed by atoms with van der Waals surface area (Å²) < 4.78 is 0. The van der Waals surface area contributed by atoms with Gasteiger partial charge in [-0.25, -0.2) is 0 Å². The van der Waals surface area contributed by atoms with E-state index < -0.39 is 0 Å². The molecule has 1 rings (SSSR count). The lowest BCUT2D eigenvalue weighted by atomic mass is 10.0. The molecule has 0 aromatic heterocycles. The van der Waals surface area contributed by atoms with Crippen LogP contribution in [-0.4, -0.2) is 10.9 Å². The monoisotopic (exact) mass is 165 g/mol. The van der Waals surface area contributed by atoms with Crippen molar-refractivity contribution in [1.82, 2.24) is 0 Å². The number of ketones is 1. The van der Waals surface area contributed by atoms with Crippen molar-refractivity contribution in [2.75, 3.05) is 5.73 Å². The van der Waals surface area contributed by atoms with Crippen molar-refractivity contribution in [3.8, 4) is 5.75 Å². The third kappa shape index (κ3) is 1.39. The van der Waals surface area contributed by atoms with Gasteiger partial charge in [0.2, 0.25) is 0 Å². The van der Waals surface area contributed by atoms with Gasteiger partial charge in [-0.2, -0.15) is 0 Å². The van der Waals surface area contributed by atoms with E-state index in [9.17, 15) is 9.90 Å². The molecule has 0 aliphatic carbocycles. The first-order valence-corrected chi connectivity index (χ1v) is 3.62. The zero-order chi connectivity index (χ0) is 9.30. The van der Waals surface area contributed by atoms with Gasteiger partial charge in [0.1, 0.15) is 5.75 Å². The molecule has 0 radical (unpaired) electrons. The third-order valence-electron chi connectivity index (χ3n) is 1.78. The third-order valence-corrected chi connectivity index (χ3v) is 1.78. The number of nitrogen functional groups attached to an aromatic ring is 1. The van der Waals surface area contributed by atoms with E-state index in [0.29, 0.717) is 16.8 Å². The summed E-state index contributed by atoms with van der Waals surface area (Å²) in [4.78, 5) is 11.0. The SMILES string of the molecule is CC(=O)c1cc(N)cc(O)c1C. The summed E-state index contributed by atoms with van der Waals surface area (Å²) in [5.74, 6) is -0.0182. The van der Waals surface area contributed by atoms with E-state index in [1.165, 1.54) is 13.0 Å². The van der Waals surface area contributed by atoms with Crippen molar-refractivity contribution < 1.29 is 9.90 Å². The minimum Gasteiger partial charge on any atom is -0.508 e. The van der Waals surface area contributed by atoms with Crippen LogP contribution in [0, 0.1) is 6.92 Å². The zero-order valence-electron chi connectivity index (χ0n) is 7.09. The molecular weight excluding hydrogens is 154 g/mol. The van der Waals surface area contributed by atoms with Crippen molar-refractivity contribution >= 4 is 11.5 Å². The van der Waals surface area contributed by atoms with Gasteiger partial charge in [-0.1, -0.05) is 0 Å². The molecule has 3 nitrogen and oxygen atoms in total. The van der Waals surface area contributed by atoms with Crippen LogP contribution in [0.1, 0.15) is 22.8 Å². The van der Waals surface area contributed by atoms with E-state index in [-0.39, 0.29) is 11.5 Å². The molecule has 0 amide bonds. The number of Topliss-reactive ketones (excluding diaryl/α,β-unsaturated/α-hetero) is 1. The van der Waals surface area contributed by atoms with Gasteiger partial charge in [-0.15, -0.1) is 0 Å². The van der Waals surface area contributed by atoms with Gasteiger partial charge >= 0.3 is 0 Å². The summed E-state index contributed by atoms with van der Waals surface area (Å²) in [5.41, 5.74) is 6.92. The van der Waals surface area contributed by atoms with Crippen LogP contribution in [0.2, 0.25) is 0 Å². The molecule has 0 aliphatic heterocycles. The van der Waals surface area contributed by atoms with Crippen molar-refractivity contribution in [3.63, 3.8) is 0 Å². The largest absolute Gasteiger partial charge is 0.508 e. The number of benzene rings is 1. The number of phenols is 1. The van der Waals surface area contributed by atoms with Crippen molar-refractivity contribution in [3.05, 3.63) is 23.3 Å².